The van der Waals surface area contributed by atoms with Gasteiger partial charge in [-0.25, -0.2) is 0 Å². The van der Waals surface area contributed by atoms with Gasteiger partial charge in [-0.15, -0.1) is 0 Å². The number of morpholine rings is 1. The molecule has 0 spiro atoms. The summed E-state index contributed by atoms with van der Waals surface area (Å²) in [5, 5.41) is 12.6. The summed E-state index contributed by atoms with van der Waals surface area (Å²) in [6.07, 6.45) is -0.115. The molecule has 4 heteroatoms. The first-order chi connectivity index (χ1) is 16.9. The summed E-state index contributed by atoms with van der Waals surface area (Å²) in [5.74, 6) is 0. The number of aliphatic hydroxyl groups excluding tert-OH is 1. The number of aromatic nitrogens is 1. The lowest BCUT2D eigenvalue weighted by atomic mass is 9.97. The average Bonchev–Trinajstić information content (AvgIpc) is 3.13. The molecule has 1 N–H and O–H groups in total. The molecule has 1 aliphatic rings. The fourth-order valence-electron chi connectivity index (χ4n) is 5.86. The maximum Gasteiger partial charge on any atom is 0.0846 e. The Morgan fingerprint density at radius 3 is 2.09 bits per heavy atom. The van der Waals surface area contributed by atoms with Crippen LogP contribution in [0.3, 0.4) is 0 Å². The minimum absolute atomic E-state index is 0.188. The van der Waals surface area contributed by atoms with Crippen molar-refractivity contribution < 1.29 is 9.84 Å². The van der Waals surface area contributed by atoms with E-state index in [1.54, 1.807) is 0 Å². The van der Waals surface area contributed by atoms with Gasteiger partial charge in [-0.3, -0.25) is 4.90 Å². The van der Waals surface area contributed by atoms with Crippen LogP contribution in [-0.4, -0.2) is 52.5 Å². The van der Waals surface area contributed by atoms with Crippen molar-refractivity contribution in [2.45, 2.75) is 52.6 Å². The molecule has 182 valence electrons. The third-order valence-corrected chi connectivity index (χ3v) is 6.96. The van der Waals surface area contributed by atoms with Crippen molar-refractivity contribution in [1.82, 2.24) is 9.47 Å². The zero-order valence-corrected chi connectivity index (χ0v) is 21.2. The van der Waals surface area contributed by atoms with E-state index < -0.39 is 6.10 Å². The summed E-state index contributed by atoms with van der Waals surface area (Å²) in [4.78, 5) is 2.34. The third kappa shape index (κ3) is 4.92. The highest BCUT2D eigenvalue weighted by Crippen LogP contribution is 2.42. The molecular weight excluding hydrogens is 432 g/mol. The van der Waals surface area contributed by atoms with Gasteiger partial charge in [0.05, 0.1) is 36.1 Å². The van der Waals surface area contributed by atoms with Crippen molar-refractivity contribution in [3.8, 4) is 22.4 Å². The highest BCUT2D eigenvalue weighted by molar-refractivity contribution is 6.06. The first-order valence-corrected chi connectivity index (χ1v) is 12.7. The molecule has 3 aromatic carbocycles. The van der Waals surface area contributed by atoms with Crippen molar-refractivity contribution in [2.24, 2.45) is 0 Å². The van der Waals surface area contributed by atoms with Gasteiger partial charge in [0.1, 0.15) is 0 Å². The van der Waals surface area contributed by atoms with Gasteiger partial charge in [-0.2, -0.15) is 0 Å². The number of hydrogen-bond donors (Lipinski definition) is 1. The minimum atomic E-state index is -0.491. The van der Waals surface area contributed by atoms with E-state index in [1.807, 2.05) is 0 Å². The number of aryl methyl sites for hydroxylation is 2. The maximum atomic E-state index is 11.4. The molecule has 1 aromatic heterocycles. The van der Waals surface area contributed by atoms with Crippen LogP contribution in [0.25, 0.3) is 33.3 Å². The Labute approximate surface area is 208 Å². The van der Waals surface area contributed by atoms with Gasteiger partial charge in [0.2, 0.25) is 0 Å². The second-order valence-corrected chi connectivity index (χ2v) is 10.2. The maximum absolute atomic E-state index is 11.4. The Kier molecular flexibility index (Phi) is 6.79. The highest BCUT2D eigenvalue weighted by Gasteiger charge is 2.26. The predicted octanol–water partition coefficient (Wildman–Crippen LogP) is 6.06. The number of β-amino-alcohol motifs (C(OH)–C–C–N with tert-alkyl or cyclic N) is 1. The van der Waals surface area contributed by atoms with E-state index in [1.165, 1.54) is 44.4 Å². The SMILES string of the molecule is Cc1cc(C)c2c(c1)c(-c1ccccc1)c(-c1ccccc1)n2CC(O)CN1CC(C)OC(C)C1. The van der Waals surface area contributed by atoms with Gasteiger partial charge in [0, 0.05) is 30.6 Å². The first kappa shape index (κ1) is 23.8. The predicted molar refractivity (Wildman–Crippen MR) is 145 cm³/mol. The first-order valence-electron chi connectivity index (χ1n) is 12.7. The summed E-state index contributed by atoms with van der Waals surface area (Å²) >= 11 is 0. The summed E-state index contributed by atoms with van der Waals surface area (Å²) < 4.78 is 8.26. The molecule has 4 nitrogen and oxygen atoms in total. The fraction of sp³-hybridized carbons (Fsp3) is 0.355. The van der Waals surface area contributed by atoms with E-state index in [0.29, 0.717) is 13.1 Å². The van der Waals surface area contributed by atoms with Crippen molar-refractivity contribution in [1.29, 1.82) is 0 Å². The number of ether oxygens (including phenoxy) is 1. The van der Waals surface area contributed by atoms with E-state index in [4.69, 9.17) is 4.74 Å². The van der Waals surface area contributed by atoms with Crippen LogP contribution in [0.15, 0.2) is 72.8 Å². The highest BCUT2D eigenvalue weighted by atomic mass is 16.5. The standard InChI is InChI=1S/C31H36N2O2/c1-21-15-22(2)30-28(16-21)29(25-11-7-5-8-12-25)31(26-13-9-6-10-14-26)33(30)20-27(34)19-32-17-23(3)35-24(4)18-32/h5-16,23-24,27,34H,17-20H2,1-4H3. The van der Waals surface area contributed by atoms with Crippen LogP contribution in [0.2, 0.25) is 0 Å². The Morgan fingerprint density at radius 2 is 1.46 bits per heavy atom. The Bertz CT molecular complexity index is 1290. The molecule has 0 aliphatic carbocycles. The number of rotatable bonds is 6. The zero-order valence-electron chi connectivity index (χ0n) is 21.2. The molecule has 5 rings (SSSR count). The van der Waals surface area contributed by atoms with Crippen LogP contribution in [-0.2, 0) is 11.3 Å². The van der Waals surface area contributed by atoms with Gasteiger partial charge in [0.25, 0.3) is 0 Å². The second kappa shape index (κ2) is 9.98. The van der Waals surface area contributed by atoms with Gasteiger partial charge in [-0.05, 0) is 50.5 Å². The Morgan fingerprint density at radius 1 is 0.857 bits per heavy atom. The van der Waals surface area contributed by atoms with Crippen LogP contribution in [0.4, 0.5) is 0 Å². The molecule has 3 atom stereocenters. The van der Waals surface area contributed by atoms with Gasteiger partial charge in [-0.1, -0.05) is 72.3 Å². The number of fused-ring (bicyclic) bond motifs is 1. The molecule has 1 saturated heterocycles. The molecule has 0 saturated carbocycles. The molecule has 0 radical (unpaired) electrons. The topological polar surface area (TPSA) is 37.6 Å². The summed E-state index contributed by atoms with van der Waals surface area (Å²) in [7, 11) is 0. The van der Waals surface area contributed by atoms with Crippen LogP contribution >= 0.6 is 0 Å². The molecule has 0 amide bonds. The number of hydrogen-bond acceptors (Lipinski definition) is 3. The normalized spacial score (nSPS) is 19.8. The van der Waals surface area contributed by atoms with Crippen LogP contribution in [0, 0.1) is 13.8 Å². The molecule has 0 bridgehead atoms. The van der Waals surface area contributed by atoms with Gasteiger partial charge < -0.3 is 14.4 Å². The smallest absolute Gasteiger partial charge is 0.0846 e. The zero-order chi connectivity index (χ0) is 24.5. The van der Waals surface area contributed by atoms with Crippen molar-refractivity contribution in [3.05, 3.63) is 83.9 Å². The lowest BCUT2D eigenvalue weighted by Crippen LogP contribution is -2.48. The van der Waals surface area contributed by atoms with E-state index >= 15 is 0 Å². The summed E-state index contributed by atoms with van der Waals surface area (Å²) in [6, 6.07) is 25.8. The Balaban J connectivity index is 1.65. The van der Waals surface area contributed by atoms with Gasteiger partial charge >= 0.3 is 0 Å². The number of aliphatic hydroxyl groups is 1. The molecule has 4 aromatic rings. The average molecular weight is 469 g/mol. The van der Waals surface area contributed by atoms with E-state index in [2.05, 4.69) is 110 Å². The molecule has 1 fully saturated rings. The van der Waals surface area contributed by atoms with Crippen molar-refractivity contribution >= 4 is 10.9 Å². The van der Waals surface area contributed by atoms with E-state index in [9.17, 15) is 5.11 Å². The molecule has 1 aliphatic heterocycles. The Hall–Kier alpha value is -2.92. The monoisotopic (exact) mass is 468 g/mol. The lowest BCUT2D eigenvalue weighted by Gasteiger charge is -2.36. The molecular formula is C31H36N2O2. The summed E-state index contributed by atoms with van der Waals surface area (Å²) in [5.41, 5.74) is 8.46. The molecule has 3 unspecified atom stereocenters. The quantitative estimate of drug-likeness (QED) is 0.374. The van der Waals surface area contributed by atoms with Crippen molar-refractivity contribution in [3.63, 3.8) is 0 Å². The number of nitrogens with zero attached hydrogens (tertiary/aromatic N) is 2. The molecule has 35 heavy (non-hydrogen) atoms. The summed E-state index contributed by atoms with van der Waals surface area (Å²) in [6.45, 7) is 11.5. The second-order valence-electron chi connectivity index (χ2n) is 10.2. The molecule has 2 heterocycles. The lowest BCUT2D eigenvalue weighted by molar-refractivity contribution is -0.0771. The van der Waals surface area contributed by atoms with Gasteiger partial charge in [0.15, 0.2) is 0 Å². The minimum Gasteiger partial charge on any atom is -0.390 e. The van der Waals surface area contributed by atoms with Crippen molar-refractivity contribution in [2.75, 3.05) is 19.6 Å². The third-order valence-electron chi connectivity index (χ3n) is 6.96. The number of benzene rings is 3. The van der Waals surface area contributed by atoms with Crippen LogP contribution in [0.5, 0.6) is 0 Å². The fourth-order valence-corrected chi connectivity index (χ4v) is 5.86. The van der Waals surface area contributed by atoms with Crippen LogP contribution < -0.4 is 0 Å². The van der Waals surface area contributed by atoms with Crippen LogP contribution in [0.1, 0.15) is 25.0 Å². The largest absolute Gasteiger partial charge is 0.390 e. The van der Waals surface area contributed by atoms with E-state index in [-0.39, 0.29) is 12.2 Å². The van der Waals surface area contributed by atoms with E-state index in [0.717, 1.165) is 13.1 Å².